The SMILES string of the molecule is Clc1ccc(COc2ccc(Cc3ncc[nH]3)cc2)cc1. The lowest BCUT2D eigenvalue weighted by Crippen LogP contribution is -1.96. The van der Waals surface area contributed by atoms with E-state index in [9.17, 15) is 0 Å². The van der Waals surface area contributed by atoms with Crippen LogP contribution in [0.1, 0.15) is 17.0 Å². The van der Waals surface area contributed by atoms with Crippen molar-refractivity contribution in [1.82, 2.24) is 9.97 Å². The van der Waals surface area contributed by atoms with Crippen LogP contribution in [0.15, 0.2) is 60.9 Å². The fourth-order valence-electron chi connectivity index (χ4n) is 2.04. The minimum Gasteiger partial charge on any atom is -0.489 e. The second-order valence-electron chi connectivity index (χ2n) is 4.77. The maximum Gasteiger partial charge on any atom is 0.119 e. The van der Waals surface area contributed by atoms with E-state index in [0.29, 0.717) is 6.61 Å². The van der Waals surface area contributed by atoms with Gasteiger partial charge in [-0.15, -0.1) is 0 Å². The van der Waals surface area contributed by atoms with Gasteiger partial charge < -0.3 is 9.72 Å². The Morgan fingerprint density at radius 1 is 0.952 bits per heavy atom. The first-order chi connectivity index (χ1) is 10.3. The standard InChI is InChI=1S/C17H15ClN2O/c18-15-5-1-14(2-6-15)12-21-16-7-3-13(4-8-16)11-17-19-9-10-20-17/h1-10H,11-12H2,(H,19,20). The average Bonchev–Trinajstić information content (AvgIpc) is 3.01. The van der Waals surface area contributed by atoms with Gasteiger partial charge in [0.25, 0.3) is 0 Å². The van der Waals surface area contributed by atoms with E-state index in [1.54, 1.807) is 6.20 Å². The lowest BCUT2D eigenvalue weighted by atomic mass is 10.1. The summed E-state index contributed by atoms with van der Waals surface area (Å²) < 4.78 is 5.76. The number of ether oxygens (including phenoxy) is 1. The Bertz CT molecular complexity index is 676. The molecule has 0 unspecified atom stereocenters. The van der Waals surface area contributed by atoms with Crippen LogP contribution in [-0.4, -0.2) is 9.97 Å². The molecule has 0 saturated heterocycles. The number of hydrogen-bond donors (Lipinski definition) is 1. The van der Waals surface area contributed by atoms with E-state index in [1.807, 2.05) is 42.6 Å². The lowest BCUT2D eigenvalue weighted by molar-refractivity contribution is 0.306. The minimum absolute atomic E-state index is 0.536. The van der Waals surface area contributed by atoms with Crippen LogP contribution in [0.4, 0.5) is 0 Å². The zero-order valence-corrected chi connectivity index (χ0v) is 12.2. The molecule has 1 N–H and O–H groups in total. The summed E-state index contributed by atoms with van der Waals surface area (Å²) in [5.41, 5.74) is 2.29. The summed E-state index contributed by atoms with van der Waals surface area (Å²) in [5.74, 6) is 1.82. The number of nitrogens with zero attached hydrogens (tertiary/aromatic N) is 1. The molecule has 0 aliphatic heterocycles. The van der Waals surface area contributed by atoms with Crippen LogP contribution < -0.4 is 4.74 Å². The number of imidazole rings is 1. The number of aromatic amines is 1. The normalized spacial score (nSPS) is 10.5. The van der Waals surface area contributed by atoms with Crippen molar-refractivity contribution in [2.45, 2.75) is 13.0 Å². The van der Waals surface area contributed by atoms with Gasteiger partial charge in [-0.1, -0.05) is 35.9 Å². The van der Waals surface area contributed by atoms with Gasteiger partial charge in [-0.2, -0.15) is 0 Å². The molecule has 0 atom stereocenters. The highest BCUT2D eigenvalue weighted by molar-refractivity contribution is 6.30. The summed E-state index contributed by atoms with van der Waals surface area (Å²) in [4.78, 5) is 7.32. The summed E-state index contributed by atoms with van der Waals surface area (Å²) in [6.07, 6.45) is 4.39. The number of H-pyrrole nitrogens is 1. The average molecular weight is 299 g/mol. The van der Waals surface area contributed by atoms with Crippen molar-refractivity contribution in [3.63, 3.8) is 0 Å². The molecule has 0 saturated carbocycles. The van der Waals surface area contributed by atoms with Crippen molar-refractivity contribution in [3.05, 3.63) is 82.9 Å². The largest absolute Gasteiger partial charge is 0.489 e. The Labute approximate surface area is 128 Å². The summed E-state index contributed by atoms with van der Waals surface area (Å²) in [7, 11) is 0. The van der Waals surface area contributed by atoms with Crippen molar-refractivity contribution in [3.8, 4) is 5.75 Å². The van der Waals surface area contributed by atoms with Gasteiger partial charge in [0, 0.05) is 23.8 Å². The van der Waals surface area contributed by atoms with Gasteiger partial charge in [-0.05, 0) is 35.4 Å². The van der Waals surface area contributed by atoms with Gasteiger partial charge in [-0.25, -0.2) is 4.98 Å². The molecule has 0 aliphatic rings. The van der Waals surface area contributed by atoms with Crippen LogP contribution in [-0.2, 0) is 13.0 Å². The van der Waals surface area contributed by atoms with E-state index < -0.39 is 0 Å². The molecule has 0 spiro atoms. The number of benzene rings is 2. The predicted molar refractivity (Wildman–Crippen MR) is 83.6 cm³/mol. The molecular weight excluding hydrogens is 284 g/mol. The summed E-state index contributed by atoms with van der Waals surface area (Å²) in [6, 6.07) is 15.7. The second-order valence-corrected chi connectivity index (χ2v) is 5.21. The molecule has 3 rings (SSSR count). The van der Waals surface area contributed by atoms with Crippen LogP contribution in [0.3, 0.4) is 0 Å². The first kappa shape index (κ1) is 13.7. The summed E-state index contributed by atoms with van der Waals surface area (Å²) in [5, 5.41) is 0.737. The summed E-state index contributed by atoms with van der Waals surface area (Å²) >= 11 is 5.86. The highest BCUT2D eigenvalue weighted by Gasteiger charge is 2.00. The van der Waals surface area contributed by atoms with E-state index in [4.69, 9.17) is 16.3 Å². The first-order valence-corrected chi connectivity index (χ1v) is 7.12. The molecule has 0 amide bonds. The third-order valence-corrected chi connectivity index (χ3v) is 3.42. The zero-order chi connectivity index (χ0) is 14.5. The highest BCUT2D eigenvalue weighted by Crippen LogP contribution is 2.16. The van der Waals surface area contributed by atoms with E-state index in [-0.39, 0.29) is 0 Å². The molecule has 4 heteroatoms. The van der Waals surface area contributed by atoms with Gasteiger partial charge in [-0.3, -0.25) is 0 Å². The molecule has 1 heterocycles. The maximum absolute atomic E-state index is 5.86. The topological polar surface area (TPSA) is 37.9 Å². The Morgan fingerprint density at radius 2 is 1.67 bits per heavy atom. The van der Waals surface area contributed by atoms with Gasteiger partial charge >= 0.3 is 0 Å². The first-order valence-electron chi connectivity index (χ1n) is 6.74. The Balaban J connectivity index is 1.58. The predicted octanol–water partition coefficient (Wildman–Crippen LogP) is 4.23. The van der Waals surface area contributed by atoms with Crippen molar-refractivity contribution in [2.75, 3.05) is 0 Å². The van der Waals surface area contributed by atoms with E-state index in [2.05, 4.69) is 22.1 Å². The molecular formula is C17H15ClN2O. The van der Waals surface area contributed by atoms with Gasteiger partial charge in [0.1, 0.15) is 18.2 Å². The third kappa shape index (κ3) is 3.86. The second kappa shape index (κ2) is 6.46. The Kier molecular flexibility index (Phi) is 4.22. The number of halogens is 1. The van der Waals surface area contributed by atoms with Gasteiger partial charge in [0.05, 0.1) is 0 Å². The van der Waals surface area contributed by atoms with Gasteiger partial charge in [0.15, 0.2) is 0 Å². The van der Waals surface area contributed by atoms with Crippen molar-refractivity contribution >= 4 is 11.6 Å². The molecule has 1 aromatic heterocycles. The lowest BCUT2D eigenvalue weighted by Gasteiger charge is -2.07. The van der Waals surface area contributed by atoms with Gasteiger partial charge in [0.2, 0.25) is 0 Å². The molecule has 2 aromatic carbocycles. The fraction of sp³-hybridized carbons (Fsp3) is 0.118. The van der Waals surface area contributed by atoms with Crippen LogP contribution in [0.2, 0.25) is 5.02 Å². The van der Waals surface area contributed by atoms with Crippen molar-refractivity contribution < 1.29 is 4.74 Å². The Morgan fingerprint density at radius 3 is 2.33 bits per heavy atom. The summed E-state index contributed by atoms with van der Waals surface area (Å²) in [6.45, 7) is 0.536. The highest BCUT2D eigenvalue weighted by atomic mass is 35.5. The van der Waals surface area contributed by atoms with E-state index in [1.165, 1.54) is 5.56 Å². The molecule has 21 heavy (non-hydrogen) atoms. The maximum atomic E-state index is 5.86. The minimum atomic E-state index is 0.536. The quantitative estimate of drug-likeness (QED) is 0.765. The zero-order valence-electron chi connectivity index (χ0n) is 11.4. The molecule has 3 nitrogen and oxygen atoms in total. The van der Waals surface area contributed by atoms with E-state index >= 15 is 0 Å². The molecule has 0 bridgehead atoms. The molecule has 106 valence electrons. The fourth-order valence-corrected chi connectivity index (χ4v) is 2.16. The number of aromatic nitrogens is 2. The molecule has 0 radical (unpaired) electrons. The van der Waals surface area contributed by atoms with Crippen LogP contribution in [0.5, 0.6) is 5.75 Å². The Hall–Kier alpha value is -2.26. The van der Waals surface area contributed by atoms with E-state index in [0.717, 1.165) is 28.6 Å². The van der Waals surface area contributed by atoms with Crippen molar-refractivity contribution in [2.24, 2.45) is 0 Å². The smallest absolute Gasteiger partial charge is 0.119 e. The van der Waals surface area contributed by atoms with Crippen LogP contribution in [0, 0.1) is 0 Å². The molecule has 3 aromatic rings. The number of rotatable bonds is 5. The van der Waals surface area contributed by atoms with Crippen molar-refractivity contribution in [1.29, 1.82) is 0 Å². The van der Waals surface area contributed by atoms with Crippen LogP contribution in [0.25, 0.3) is 0 Å². The monoisotopic (exact) mass is 298 g/mol. The molecule has 0 aliphatic carbocycles. The molecule has 0 fully saturated rings. The third-order valence-electron chi connectivity index (χ3n) is 3.17. The van der Waals surface area contributed by atoms with Crippen LogP contribution >= 0.6 is 11.6 Å². The number of hydrogen-bond acceptors (Lipinski definition) is 2. The number of nitrogens with one attached hydrogen (secondary N) is 1.